The summed E-state index contributed by atoms with van der Waals surface area (Å²) in [7, 11) is -3.53. The van der Waals surface area contributed by atoms with E-state index in [2.05, 4.69) is 4.98 Å². The standard InChI is InChI=1S/C16H17N3O4S/c17-16(20)11-23-14-3-5-15(6-4-14)24(21,22)19-9-13(10-19)12-2-1-7-18-8-12/h1-8,13H,9-11H2,(H2,17,20). The summed E-state index contributed by atoms with van der Waals surface area (Å²) in [5, 5.41) is 0. The Morgan fingerprint density at radius 3 is 2.54 bits per heavy atom. The van der Waals surface area contributed by atoms with Gasteiger partial charge in [0.2, 0.25) is 10.0 Å². The molecule has 1 aliphatic heterocycles. The molecule has 2 heterocycles. The molecular weight excluding hydrogens is 330 g/mol. The number of nitrogens with two attached hydrogens (primary N) is 1. The number of hydrogen-bond donors (Lipinski definition) is 1. The van der Waals surface area contributed by atoms with Gasteiger partial charge in [-0.2, -0.15) is 4.31 Å². The second-order valence-corrected chi connectivity index (χ2v) is 7.47. The first-order valence-corrected chi connectivity index (χ1v) is 8.82. The van der Waals surface area contributed by atoms with E-state index in [0.29, 0.717) is 18.8 Å². The van der Waals surface area contributed by atoms with Crippen molar-refractivity contribution in [1.82, 2.24) is 9.29 Å². The van der Waals surface area contributed by atoms with Crippen LogP contribution in [0.25, 0.3) is 0 Å². The molecule has 1 aliphatic rings. The van der Waals surface area contributed by atoms with Gasteiger partial charge in [-0.25, -0.2) is 8.42 Å². The number of hydrogen-bond acceptors (Lipinski definition) is 5. The lowest BCUT2D eigenvalue weighted by Crippen LogP contribution is -2.48. The van der Waals surface area contributed by atoms with E-state index in [1.807, 2.05) is 12.1 Å². The topological polar surface area (TPSA) is 103 Å². The predicted octanol–water partition coefficient (Wildman–Crippen LogP) is 0.734. The highest BCUT2D eigenvalue weighted by Gasteiger charge is 2.37. The molecule has 1 fully saturated rings. The van der Waals surface area contributed by atoms with Crippen molar-refractivity contribution < 1.29 is 17.9 Å². The van der Waals surface area contributed by atoms with Gasteiger partial charge in [-0.15, -0.1) is 0 Å². The molecular formula is C16H17N3O4S. The molecule has 0 unspecified atom stereocenters. The van der Waals surface area contributed by atoms with Gasteiger partial charge in [0.1, 0.15) is 5.75 Å². The maximum atomic E-state index is 12.6. The van der Waals surface area contributed by atoms with Crippen LogP contribution < -0.4 is 10.5 Å². The molecule has 24 heavy (non-hydrogen) atoms. The summed E-state index contributed by atoms with van der Waals surface area (Å²) in [6.07, 6.45) is 3.46. The van der Waals surface area contributed by atoms with Crippen LogP contribution in [0.15, 0.2) is 53.7 Å². The van der Waals surface area contributed by atoms with Gasteiger partial charge in [-0.05, 0) is 35.9 Å². The molecule has 1 aromatic heterocycles. The zero-order valence-electron chi connectivity index (χ0n) is 12.8. The number of rotatable bonds is 6. The van der Waals surface area contributed by atoms with Crippen LogP contribution >= 0.6 is 0 Å². The van der Waals surface area contributed by atoms with E-state index in [9.17, 15) is 13.2 Å². The first kappa shape index (κ1) is 16.4. The van der Waals surface area contributed by atoms with Gasteiger partial charge in [0, 0.05) is 31.4 Å². The van der Waals surface area contributed by atoms with Crippen molar-refractivity contribution in [2.45, 2.75) is 10.8 Å². The molecule has 7 nitrogen and oxygen atoms in total. The van der Waals surface area contributed by atoms with E-state index in [1.54, 1.807) is 12.4 Å². The summed E-state index contributed by atoms with van der Waals surface area (Å²) in [6.45, 7) is 0.632. The Labute approximate surface area is 140 Å². The van der Waals surface area contributed by atoms with Crippen LogP contribution in [0.5, 0.6) is 5.75 Å². The Morgan fingerprint density at radius 2 is 1.96 bits per heavy atom. The number of pyridine rings is 1. The average Bonchev–Trinajstić information content (AvgIpc) is 2.53. The average molecular weight is 347 g/mol. The molecule has 0 spiro atoms. The molecule has 2 aromatic rings. The quantitative estimate of drug-likeness (QED) is 0.830. The minimum absolute atomic E-state index is 0.173. The molecule has 2 N–H and O–H groups in total. The third-order valence-corrected chi connectivity index (χ3v) is 5.69. The van der Waals surface area contributed by atoms with Crippen LogP contribution in [-0.4, -0.2) is 43.3 Å². The Balaban J connectivity index is 1.65. The van der Waals surface area contributed by atoms with Crippen LogP contribution in [0, 0.1) is 0 Å². The fourth-order valence-electron chi connectivity index (χ4n) is 2.47. The molecule has 0 saturated carbocycles. The van der Waals surface area contributed by atoms with Gasteiger partial charge in [0.05, 0.1) is 4.90 Å². The highest BCUT2D eigenvalue weighted by molar-refractivity contribution is 7.89. The Kier molecular flexibility index (Phi) is 4.50. The molecule has 0 bridgehead atoms. The number of primary amides is 1. The summed E-state index contributed by atoms with van der Waals surface area (Å²) in [4.78, 5) is 14.9. The van der Waals surface area contributed by atoms with E-state index < -0.39 is 15.9 Å². The van der Waals surface area contributed by atoms with Crippen molar-refractivity contribution in [1.29, 1.82) is 0 Å². The number of carbonyl (C=O) groups excluding carboxylic acids is 1. The predicted molar refractivity (Wildman–Crippen MR) is 86.9 cm³/mol. The van der Waals surface area contributed by atoms with Crippen molar-refractivity contribution in [2.75, 3.05) is 19.7 Å². The van der Waals surface area contributed by atoms with E-state index in [0.717, 1.165) is 5.56 Å². The monoisotopic (exact) mass is 347 g/mol. The summed E-state index contributed by atoms with van der Waals surface area (Å²) in [5.74, 6) is -0.0232. The number of aromatic nitrogens is 1. The lowest BCUT2D eigenvalue weighted by molar-refractivity contribution is -0.119. The van der Waals surface area contributed by atoms with Gasteiger partial charge in [-0.3, -0.25) is 9.78 Å². The van der Waals surface area contributed by atoms with Crippen molar-refractivity contribution in [3.05, 3.63) is 54.4 Å². The highest BCUT2D eigenvalue weighted by Crippen LogP contribution is 2.31. The lowest BCUT2D eigenvalue weighted by atomic mass is 9.95. The minimum atomic E-state index is -3.53. The second-order valence-electron chi connectivity index (χ2n) is 5.53. The molecule has 0 radical (unpaired) electrons. The van der Waals surface area contributed by atoms with Gasteiger partial charge < -0.3 is 10.5 Å². The molecule has 0 aliphatic carbocycles. The summed E-state index contributed by atoms with van der Waals surface area (Å²) < 4.78 is 31.7. The van der Waals surface area contributed by atoms with Gasteiger partial charge >= 0.3 is 0 Å². The zero-order chi connectivity index (χ0) is 17.2. The van der Waals surface area contributed by atoms with Crippen LogP contribution in [0.2, 0.25) is 0 Å². The summed E-state index contributed by atoms with van der Waals surface area (Å²) in [5.41, 5.74) is 6.04. The Bertz CT molecular complexity index is 816. The number of ether oxygens (including phenoxy) is 1. The van der Waals surface area contributed by atoms with Gasteiger partial charge in [0.25, 0.3) is 5.91 Å². The molecule has 8 heteroatoms. The SMILES string of the molecule is NC(=O)COc1ccc(S(=O)(=O)N2CC(c3cccnc3)C2)cc1. The molecule has 1 amide bonds. The Hall–Kier alpha value is -2.45. The van der Waals surface area contributed by atoms with Crippen molar-refractivity contribution in [3.63, 3.8) is 0 Å². The third-order valence-electron chi connectivity index (χ3n) is 3.85. The Morgan fingerprint density at radius 1 is 1.25 bits per heavy atom. The summed E-state index contributed by atoms with van der Waals surface area (Å²) >= 11 is 0. The fraction of sp³-hybridized carbons (Fsp3) is 0.250. The molecule has 1 saturated heterocycles. The number of nitrogens with zero attached hydrogens (tertiary/aromatic N) is 2. The van der Waals surface area contributed by atoms with Crippen LogP contribution in [0.3, 0.4) is 0 Å². The molecule has 3 rings (SSSR count). The second kappa shape index (κ2) is 6.58. The smallest absolute Gasteiger partial charge is 0.255 e. The number of amides is 1. The first-order valence-electron chi connectivity index (χ1n) is 7.38. The largest absolute Gasteiger partial charge is 0.484 e. The van der Waals surface area contributed by atoms with Crippen molar-refractivity contribution >= 4 is 15.9 Å². The zero-order valence-corrected chi connectivity index (χ0v) is 13.6. The van der Waals surface area contributed by atoms with E-state index in [4.69, 9.17) is 10.5 Å². The third kappa shape index (κ3) is 3.39. The van der Waals surface area contributed by atoms with E-state index in [-0.39, 0.29) is 17.4 Å². The lowest BCUT2D eigenvalue weighted by Gasteiger charge is -2.38. The van der Waals surface area contributed by atoms with E-state index in [1.165, 1.54) is 28.6 Å². The normalized spacial score (nSPS) is 15.7. The van der Waals surface area contributed by atoms with E-state index >= 15 is 0 Å². The van der Waals surface area contributed by atoms with Crippen LogP contribution in [-0.2, 0) is 14.8 Å². The molecule has 0 atom stereocenters. The van der Waals surface area contributed by atoms with Crippen molar-refractivity contribution in [2.24, 2.45) is 5.73 Å². The first-order chi connectivity index (χ1) is 11.5. The maximum absolute atomic E-state index is 12.6. The number of sulfonamides is 1. The van der Waals surface area contributed by atoms with Crippen LogP contribution in [0.4, 0.5) is 0 Å². The minimum Gasteiger partial charge on any atom is -0.484 e. The molecule has 126 valence electrons. The molecule has 1 aromatic carbocycles. The number of benzene rings is 1. The maximum Gasteiger partial charge on any atom is 0.255 e. The number of carbonyl (C=O) groups is 1. The van der Waals surface area contributed by atoms with Gasteiger partial charge in [-0.1, -0.05) is 6.07 Å². The van der Waals surface area contributed by atoms with Crippen molar-refractivity contribution in [3.8, 4) is 5.75 Å². The highest BCUT2D eigenvalue weighted by atomic mass is 32.2. The van der Waals surface area contributed by atoms with Gasteiger partial charge in [0.15, 0.2) is 6.61 Å². The summed E-state index contributed by atoms with van der Waals surface area (Å²) in [6, 6.07) is 9.73. The van der Waals surface area contributed by atoms with Crippen LogP contribution in [0.1, 0.15) is 11.5 Å². The fourth-order valence-corrected chi connectivity index (χ4v) is 4.00.